The van der Waals surface area contributed by atoms with Crippen LogP contribution >= 0.6 is 0 Å². The number of nitrogens with one attached hydrogen (secondary N) is 1. The highest BCUT2D eigenvalue weighted by atomic mass is 16.5. The molecule has 1 saturated carbocycles. The van der Waals surface area contributed by atoms with Crippen LogP contribution in [0.2, 0.25) is 0 Å². The standard InChI is InChI=1S/C11H23NO/c1-12-9-11(13-2)8-10-6-4-3-5-7-10/h10-12H,3-9H2,1-2H3. The van der Waals surface area contributed by atoms with Gasteiger partial charge in [-0.15, -0.1) is 0 Å². The van der Waals surface area contributed by atoms with E-state index in [1.54, 1.807) is 0 Å². The van der Waals surface area contributed by atoms with E-state index in [0.29, 0.717) is 6.10 Å². The minimum atomic E-state index is 0.424. The van der Waals surface area contributed by atoms with E-state index in [0.717, 1.165) is 12.5 Å². The summed E-state index contributed by atoms with van der Waals surface area (Å²) in [5, 5.41) is 3.18. The van der Waals surface area contributed by atoms with E-state index in [9.17, 15) is 0 Å². The average molecular weight is 185 g/mol. The van der Waals surface area contributed by atoms with Crippen molar-refractivity contribution in [2.75, 3.05) is 20.7 Å². The lowest BCUT2D eigenvalue weighted by atomic mass is 9.85. The predicted molar refractivity (Wildman–Crippen MR) is 55.9 cm³/mol. The molecule has 0 spiro atoms. The predicted octanol–water partition coefficient (Wildman–Crippen LogP) is 2.19. The number of rotatable bonds is 5. The SMILES string of the molecule is CNCC(CC1CCCCC1)OC. The van der Waals surface area contributed by atoms with E-state index in [1.165, 1.54) is 38.5 Å². The zero-order valence-electron chi connectivity index (χ0n) is 9.01. The quantitative estimate of drug-likeness (QED) is 0.709. The van der Waals surface area contributed by atoms with Gasteiger partial charge in [-0.25, -0.2) is 0 Å². The van der Waals surface area contributed by atoms with E-state index in [-0.39, 0.29) is 0 Å². The molecule has 0 aromatic carbocycles. The Morgan fingerprint density at radius 1 is 1.31 bits per heavy atom. The summed E-state index contributed by atoms with van der Waals surface area (Å²) in [6, 6.07) is 0. The zero-order chi connectivity index (χ0) is 9.52. The summed E-state index contributed by atoms with van der Waals surface area (Å²) in [6.45, 7) is 0.993. The van der Waals surface area contributed by atoms with E-state index in [1.807, 2.05) is 14.2 Å². The van der Waals surface area contributed by atoms with Gasteiger partial charge in [0, 0.05) is 13.7 Å². The van der Waals surface area contributed by atoms with Crippen LogP contribution in [0.5, 0.6) is 0 Å². The molecule has 0 radical (unpaired) electrons. The second kappa shape index (κ2) is 6.39. The van der Waals surface area contributed by atoms with Crippen molar-refractivity contribution in [2.24, 2.45) is 5.92 Å². The molecular formula is C11H23NO. The van der Waals surface area contributed by atoms with E-state index in [4.69, 9.17) is 4.74 Å². The molecule has 0 aromatic rings. The van der Waals surface area contributed by atoms with Crippen LogP contribution in [-0.2, 0) is 4.74 Å². The lowest BCUT2D eigenvalue weighted by Crippen LogP contribution is -2.28. The molecule has 1 fully saturated rings. The van der Waals surface area contributed by atoms with Crippen LogP contribution in [0.15, 0.2) is 0 Å². The molecule has 2 heteroatoms. The Balaban J connectivity index is 2.18. The zero-order valence-corrected chi connectivity index (χ0v) is 9.01. The van der Waals surface area contributed by atoms with Gasteiger partial charge in [0.25, 0.3) is 0 Å². The normalized spacial score (nSPS) is 21.7. The van der Waals surface area contributed by atoms with Gasteiger partial charge < -0.3 is 10.1 Å². The summed E-state index contributed by atoms with van der Waals surface area (Å²) in [4.78, 5) is 0. The van der Waals surface area contributed by atoms with Gasteiger partial charge in [0.15, 0.2) is 0 Å². The third-order valence-electron chi connectivity index (χ3n) is 3.09. The van der Waals surface area contributed by atoms with Gasteiger partial charge in [-0.05, 0) is 19.4 Å². The number of hydrogen-bond acceptors (Lipinski definition) is 2. The van der Waals surface area contributed by atoms with Gasteiger partial charge >= 0.3 is 0 Å². The monoisotopic (exact) mass is 185 g/mol. The Morgan fingerprint density at radius 3 is 2.54 bits per heavy atom. The molecule has 1 atom stereocenters. The molecular weight excluding hydrogens is 162 g/mol. The number of methoxy groups -OCH3 is 1. The molecule has 0 amide bonds. The molecule has 1 rings (SSSR count). The fraction of sp³-hybridized carbons (Fsp3) is 1.00. The second-order valence-corrected chi connectivity index (χ2v) is 4.16. The maximum atomic E-state index is 5.43. The molecule has 1 aliphatic carbocycles. The highest BCUT2D eigenvalue weighted by Crippen LogP contribution is 2.27. The molecule has 1 aliphatic rings. The van der Waals surface area contributed by atoms with Gasteiger partial charge in [-0.3, -0.25) is 0 Å². The first-order valence-electron chi connectivity index (χ1n) is 5.54. The number of likely N-dealkylation sites (N-methyl/N-ethyl adjacent to an activating group) is 1. The van der Waals surface area contributed by atoms with Crippen LogP contribution in [0.25, 0.3) is 0 Å². The van der Waals surface area contributed by atoms with E-state index >= 15 is 0 Å². The van der Waals surface area contributed by atoms with Crippen molar-refractivity contribution >= 4 is 0 Å². The highest BCUT2D eigenvalue weighted by Gasteiger charge is 2.17. The van der Waals surface area contributed by atoms with Crippen molar-refractivity contribution in [1.82, 2.24) is 5.32 Å². The summed E-state index contributed by atoms with van der Waals surface area (Å²) >= 11 is 0. The fourth-order valence-electron chi connectivity index (χ4n) is 2.29. The Labute approximate surface area is 82.0 Å². The first kappa shape index (κ1) is 11.0. The molecule has 2 nitrogen and oxygen atoms in total. The van der Waals surface area contributed by atoms with Crippen LogP contribution < -0.4 is 5.32 Å². The second-order valence-electron chi connectivity index (χ2n) is 4.16. The van der Waals surface area contributed by atoms with Crippen molar-refractivity contribution in [3.8, 4) is 0 Å². The Hall–Kier alpha value is -0.0800. The lowest BCUT2D eigenvalue weighted by Gasteiger charge is -2.25. The van der Waals surface area contributed by atoms with Crippen molar-refractivity contribution in [2.45, 2.75) is 44.6 Å². The minimum Gasteiger partial charge on any atom is -0.380 e. The minimum absolute atomic E-state index is 0.424. The summed E-state index contributed by atoms with van der Waals surface area (Å²) < 4.78 is 5.43. The summed E-state index contributed by atoms with van der Waals surface area (Å²) in [6.07, 6.45) is 8.82. The van der Waals surface area contributed by atoms with Gasteiger partial charge in [-0.2, -0.15) is 0 Å². The molecule has 13 heavy (non-hydrogen) atoms. The molecule has 0 saturated heterocycles. The van der Waals surface area contributed by atoms with Crippen molar-refractivity contribution in [1.29, 1.82) is 0 Å². The van der Waals surface area contributed by atoms with Crippen LogP contribution in [-0.4, -0.2) is 26.8 Å². The van der Waals surface area contributed by atoms with Crippen molar-refractivity contribution < 1.29 is 4.74 Å². The molecule has 1 N–H and O–H groups in total. The first-order valence-corrected chi connectivity index (χ1v) is 5.54. The van der Waals surface area contributed by atoms with Gasteiger partial charge in [-0.1, -0.05) is 32.1 Å². The van der Waals surface area contributed by atoms with Gasteiger partial charge in [0.1, 0.15) is 0 Å². The van der Waals surface area contributed by atoms with Crippen LogP contribution in [0.4, 0.5) is 0 Å². The fourth-order valence-corrected chi connectivity index (χ4v) is 2.29. The summed E-state index contributed by atoms with van der Waals surface area (Å²) in [5.41, 5.74) is 0. The van der Waals surface area contributed by atoms with Crippen molar-refractivity contribution in [3.05, 3.63) is 0 Å². The third kappa shape index (κ3) is 4.10. The number of hydrogen-bond donors (Lipinski definition) is 1. The van der Waals surface area contributed by atoms with Gasteiger partial charge in [0.05, 0.1) is 6.10 Å². The molecule has 0 aromatic heterocycles. The van der Waals surface area contributed by atoms with Crippen LogP contribution in [0.3, 0.4) is 0 Å². The summed E-state index contributed by atoms with van der Waals surface area (Å²) in [5.74, 6) is 0.923. The largest absolute Gasteiger partial charge is 0.380 e. The Bertz CT molecular complexity index is 119. The third-order valence-corrected chi connectivity index (χ3v) is 3.09. The smallest absolute Gasteiger partial charge is 0.0698 e. The van der Waals surface area contributed by atoms with Crippen LogP contribution in [0.1, 0.15) is 38.5 Å². The number of ether oxygens (including phenoxy) is 1. The maximum Gasteiger partial charge on any atom is 0.0698 e. The highest BCUT2D eigenvalue weighted by molar-refractivity contribution is 4.71. The molecule has 1 unspecified atom stereocenters. The molecule has 78 valence electrons. The van der Waals surface area contributed by atoms with E-state index in [2.05, 4.69) is 5.32 Å². The molecule has 0 heterocycles. The topological polar surface area (TPSA) is 21.3 Å². The maximum absolute atomic E-state index is 5.43. The Morgan fingerprint density at radius 2 is 2.00 bits per heavy atom. The molecule has 0 bridgehead atoms. The first-order chi connectivity index (χ1) is 6.36. The van der Waals surface area contributed by atoms with Crippen molar-refractivity contribution in [3.63, 3.8) is 0 Å². The van der Waals surface area contributed by atoms with E-state index < -0.39 is 0 Å². The Kier molecular flexibility index (Phi) is 5.40. The summed E-state index contributed by atoms with van der Waals surface area (Å²) in [7, 11) is 3.82. The average Bonchev–Trinajstić information content (AvgIpc) is 2.19. The lowest BCUT2D eigenvalue weighted by molar-refractivity contribution is 0.0747. The molecule has 0 aliphatic heterocycles. The van der Waals surface area contributed by atoms with Crippen LogP contribution in [0, 0.1) is 5.92 Å². The van der Waals surface area contributed by atoms with Gasteiger partial charge in [0.2, 0.25) is 0 Å².